The number of aryl methyl sites for hydroxylation is 1. The molecule has 2 heterocycles. The molecule has 0 aliphatic heterocycles. The van der Waals surface area contributed by atoms with Crippen molar-refractivity contribution in [2.24, 2.45) is 0 Å². The Morgan fingerprint density at radius 2 is 2.25 bits per heavy atom. The number of aromatic nitrogens is 1. The highest BCUT2D eigenvalue weighted by atomic mass is 79.9. The van der Waals surface area contributed by atoms with Crippen LogP contribution in [-0.4, -0.2) is 4.98 Å². The fourth-order valence-electron chi connectivity index (χ4n) is 1.49. The third-order valence-electron chi connectivity index (χ3n) is 2.38. The number of halogens is 1. The topological polar surface area (TPSA) is 24.9 Å². The van der Waals surface area contributed by atoms with E-state index in [4.69, 9.17) is 0 Å². The van der Waals surface area contributed by atoms with Crippen molar-refractivity contribution in [2.45, 2.75) is 19.9 Å². The van der Waals surface area contributed by atoms with Crippen molar-refractivity contribution >= 4 is 33.1 Å². The molecule has 2 aromatic rings. The molecule has 2 nitrogen and oxygen atoms in total. The fraction of sp³-hybridized carbons (Fsp3) is 0.250. The summed E-state index contributed by atoms with van der Waals surface area (Å²) in [6.07, 6.45) is 2.89. The Labute approximate surface area is 108 Å². The van der Waals surface area contributed by atoms with E-state index < -0.39 is 0 Å². The van der Waals surface area contributed by atoms with Crippen LogP contribution in [0.25, 0.3) is 0 Å². The molecular weight excluding hydrogens is 284 g/mol. The van der Waals surface area contributed by atoms with Crippen LogP contribution in [0.1, 0.15) is 17.4 Å². The van der Waals surface area contributed by atoms with Gasteiger partial charge in [0.25, 0.3) is 0 Å². The van der Waals surface area contributed by atoms with E-state index >= 15 is 0 Å². The average Bonchev–Trinajstić information content (AvgIpc) is 2.76. The van der Waals surface area contributed by atoms with Gasteiger partial charge in [0.2, 0.25) is 0 Å². The zero-order chi connectivity index (χ0) is 11.4. The number of anilines is 1. The summed E-state index contributed by atoms with van der Waals surface area (Å²) < 4.78 is 1.00. The second-order valence-electron chi connectivity index (χ2n) is 3.44. The van der Waals surface area contributed by atoms with Crippen molar-refractivity contribution in [3.63, 3.8) is 0 Å². The quantitative estimate of drug-likeness (QED) is 0.919. The predicted octanol–water partition coefficient (Wildman–Crippen LogP) is 4.08. The Bertz CT molecular complexity index is 450. The molecule has 1 N–H and O–H groups in total. The van der Waals surface area contributed by atoms with Crippen LogP contribution < -0.4 is 5.32 Å². The van der Waals surface area contributed by atoms with Crippen LogP contribution in [0.4, 0.5) is 5.82 Å². The first-order chi connectivity index (χ1) is 7.79. The van der Waals surface area contributed by atoms with Gasteiger partial charge in [0.15, 0.2) is 0 Å². The van der Waals surface area contributed by atoms with Crippen LogP contribution in [0.5, 0.6) is 0 Å². The number of nitrogens with zero attached hydrogens (tertiary/aromatic N) is 1. The maximum atomic E-state index is 4.28. The monoisotopic (exact) mass is 296 g/mol. The van der Waals surface area contributed by atoms with E-state index in [0.717, 1.165) is 23.3 Å². The van der Waals surface area contributed by atoms with Crippen molar-refractivity contribution in [3.8, 4) is 0 Å². The second-order valence-corrected chi connectivity index (χ2v) is 5.35. The lowest BCUT2D eigenvalue weighted by atomic mass is 10.2. The Hall–Kier alpha value is -0.870. The largest absolute Gasteiger partial charge is 0.365 e. The van der Waals surface area contributed by atoms with E-state index in [9.17, 15) is 0 Å². The molecule has 0 fully saturated rings. The number of thiophene rings is 1. The Balaban J connectivity index is 1.99. The number of nitrogens with one attached hydrogen (secondary N) is 1. The molecule has 0 radical (unpaired) electrons. The second kappa shape index (κ2) is 5.46. The van der Waals surface area contributed by atoms with Crippen LogP contribution in [0.15, 0.2) is 34.2 Å². The van der Waals surface area contributed by atoms with Crippen molar-refractivity contribution in [2.75, 3.05) is 5.32 Å². The van der Waals surface area contributed by atoms with Crippen molar-refractivity contribution in [1.82, 2.24) is 4.98 Å². The molecule has 0 saturated heterocycles. The zero-order valence-electron chi connectivity index (χ0n) is 9.03. The third-order valence-corrected chi connectivity index (χ3v) is 3.81. The van der Waals surface area contributed by atoms with Crippen LogP contribution in [0, 0.1) is 0 Å². The molecule has 2 rings (SSSR count). The Morgan fingerprint density at radius 1 is 1.38 bits per heavy atom. The smallest absolute Gasteiger partial charge is 0.126 e. The highest BCUT2D eigenvalue weighted by molar-refractivity contribution is 9.10. The lowest BCUT2D eigenvalue weighted by Gasteiger charge is -2.05. The van der Waals surface area contributed by atoms with Gasteiger partial charge in [-0.05, 0) is 51.5 Å². The number of hydrogen-bond donors (Lipinski definition) is 1. The van der Waals surface area contributed by atoms with Gasteiger partial charge >= 0.3 is 0 Å². The number of hydrogen-bond acceptors (Lipinski definition) is 3. The minimum absolute atomic E-state index is 0.857. The highest BCUT2D eigenvalue weighted by Gasteiger charge is 2.02. The van der Waals surface area contributed by atoms with Gasteiger partial charge < -0.3 is 5.32 Å². The fourth-order valence-corrected chi connectivity index (χ4v) is 2.64. The molecule has 0 aliphatic carbocycles. The van der Waals surface area contributed by atoms with Gasteiger partial charge in [0.05, 0.1) is 6.54 Å². The van der Waals surface area contributed by atoms with Gasteiger partial charge in [-0.3, -0.25) is 0 Å². The summed E-state index contributed by atoms with van der Waals surface area (Å²) in [5.74, 6) is 0.915. The molecule has 0 spiro atoms. The molecular formula is C12H13BrN2S. The normalized spacial score (nSPS) is 10.4. The van der Waals surface area contributed by atoms with Gasteiger partial charge in [0, 0.05) is 15.5 Å². The van der Waals surface area contributed by atoms with Crippen molar-refractivity contribution in [3.05, 3.63) is 44.7 Å². The molecule has 0 saturated carbocycles. The summed E-state index contributed by atoms with van der Waals surface area (Å²) in [6, 6.07) is 6.16. The summed E-state index contributed by atoms with van der Waals surface area (Å²) in [7, 11) is 0. The standard InChI is InChI=1S/C12H13BrN2S/c1-2-9-5-6-16-11(9)8-15-12-4-3-10(13)7-14-12/h3-7H,2,8H2,1H3,(H,14,15). The zero-order valence-corrected chi connectivity index (χ0v) is 11.4. The molecule has 2 aromatic heterocycles. The number of rotatable bonds is 4. The Morgan fingerprint density at radius 3 is 2.94 bits per heavy atom. The highest BCUT2D eigenvalue weighted by Crippen LogP contribution is 2.19. The van der Waals surface area contributed by atoms with Gasteiger partial charge in [-0.15, -0.1) is 11.3 Å². The summed E-state index contributed by atoms with van der Waals surface area (Å²) >= 11 is 5.17. The summed E-state index contributed by atoms with van der Waals surface area (Å²) in [5, 5.41) is 5.47. The van der Waals surface area contributed by atoms with Crippen LogP contribution in [0.3, 0.4) is 0 Å². The maximum Gasteiger partial charge on any atom is 0.126 e. The van der Waals surface area contributed by atoms with Gasteiger partial charge in [-0.1, -0.05) is 6.92 Å². The molecule has 4 heteroatoms. The molecule has 0 bridgehead atoms. The van der Waals surface area contributed by atoms with E-state index in [1.165, 1.54) is 10.4 Å². The summed E-state index contributed by atoms with van der Waals surface area (Å²) in [4.78, 5) is 5.68. The predicted molar refractivity (Wildman–Crippen MR) is 73.0 cm³/mol. The molecule has 16 heavy (non-hydrogen) atoms. The van der Waals surface area contributed by atoms with E-state index in [1.807, 2.05) is 12.1 Å². The molecule has 0 unspecified atom stereocenters. The third kappa shape index (κ3) is 2.83. The van der Waals surface area contributed by atoms with E-state index in [1.54, 1.807) is 17.5 Å². The first-order valence-electron chi connectivity index (χ1n) is 5.20. The van der Waals surface area contributed by atoms with E-state index in [0.29, 0.717) is 0 Å². The van der Waals surface area contributed by atoms with Crippen molar-refractivity contribution < 1.29 is 0 Å². The van der Waals surface area contributed by atoms with E-state index in [-0.39, 0.29) is 0 Å². The van der Waals surface area contributed by atoms with Crippen LogP contribution in [0.2, 0.25) is 0 Å². The molecule has 0 atom stereocenters. The first kappa shape index (κ1) is 11.6. The average molecular weight is 297 g/mol. The minimum atomic E-state index is 0.857. The van der Waals surface area contributed by atoms with Crippen LogP contribution >= 0.6 is 27.3 Å². The van der Waals surface area contributed by atoms with Gasteiger partial charge in [0.1, 0.15) is 5.82 Å². The van der Waals surface area contributed by atoms with Crippen LogP contribution in [-0.2, 0) is 13.0 Å². The lowest BCUT2D eigenvalue weighted by Crippen LogP contribution is -2.01. The molecule has 84 valence electrons. The van der Waals surface area contributed by atoms with E-state index in [2.05, 4.69) is 44.6 Å². The summed E-state index contributed by atoms with van der Waals surface area (Å²) in [6.45, 7) is 3.04. The SMILES string of the molecule is CCc1ccsc1CNc1ccc(Br)cn1. The lowest BCUT2D eigenvalue weighted by molar-refractivity contribution is 1.07. The molecule has 0 aliphatic rings. The molecule has 0 amide bonds. The summed E-state index contributed by atoms with van der Waals surface area (Å²) in [5.41, 5.74) is 1.43. The number of pyridine rings is 1. The van der Waals surface area contributed by atoms with Crippen molar-refractivity contribution in [1.29, 1.82) is 0 Å². The van der Waals surface area contributed by atoms with Gasteiger partial charge in [-0.2, -0.15) is 0 Å². The first-order valence-corrected chi connectivity index (χ1v) is 6.87. The van der Waals surface area contributed by atoms with Gasteiger partial charge in [-0.25, -0.2) is 4.98 Å². The minimum Gasteiger partial charge on any atom is -0.365 e. The Kier molecular flexibility index (Phi) is 3.96. The maximum absolute atomic E-state index is 4.28. The molecule has 0 aromatic carbocycles.